The van der Waals surface area contributed by atoms with Crippen LogP contribution in [0.25, 0.3) is 0 Å². The average molecular weight is 223 g/mol. The second kappa shape index (κ2) is 4.44. The minimum Gasteiger partial charge on any atom is -0.315 e. The summed E-state index contributed by atoms with van der Waals surface area (Å²) in [6.45, 7) is 0.830. The van der Waals surface area contributed by atoms with Crippen LogP contribution in [-0.2, 0) is 6.54 Å². The van der Waals surface area contributed by atoms with Gasteiger partial charge in [-0.3, -0.25) is 4.79 Å². The molecule has 0 N–H and O–H groups in total. The normalized spacial score (nSPS) is 19.3. The molecule has 3 heteroatoms. The van der Waals surface area contributed by atoms with Crippen LogP contribution >= 0.6 is 12.6 Å². The topological polar surface area (TPSA) is 22.0 Å². The van der Waals surface area contributed by atoms with Crippen molar-refractivity contribution in [2.24, 2.45) is 5.41 Å². The summed E-state index contributed by atoms with van der Waals surface area (Å²) in [5.74, 6) is 0.883. The number of hydrogen-bond acceptors (Lipinski definition) is 2. The second-order valence-electron chi connectivity index (χ2n) is 4.53. The molecule has 1 aromatic heterocycles. The molecule has 1 aliphatic rings. The van der Waals surface area contributed by atoms with E-state index in [1.54, 1.807) is 12.1 Å². The molecule has 0 bridgehead atoms. The van der Waals surface area contributed by atoms with Gasteiger partial charge >= 0.3 is 0 Å². The summed E-state index contributed by atoms with van der Waals surface area (Å²) in [6, 6.07) is 5.34. The van der Waals surface area contributed by atoms with Crippen LogP contribution in [0.5, 0.6) is 0 Å². The van der Waals surface area contributed by atoms with Crippen LogP contribution in [-0.4, -0.2) is 10.3 Å². The summed E-state index contributed by atoms with van der Waals surface area (Å²) < 4.78 is 1.82. The fourth-order valence-corrected chi connectivity index (χ4v) is 2.86. The van der Waals surface area contributed by atoms with Crippen molar-refractivity contribution in [2.75, 3.05) is 5.75 Å². The van der Waals surface area contributed by atoms with Gasteiger partial charge in [0.05, 0.1) is 0 Å². The van der Waals surface area contributed by atoms with E-state index in [0.717, 1.165) is 12.3 Å². The lowest BCUT2D eigenvalue weighted by atomic mass is 9.88. The van der Waals surface area contributed by atoms with Crippen molar-refractivity contribution in [3.8, 4) is 0 Å². The molecule has 0 saturated heterocycles. The van der Waals surface area contributed by atoms with Gasteiger partial charge < -0.3 is 4.57 Å². The van der Waals surface area contributed by atoms with E-state index in [4.69, 9.17) is 0 Å². The Kier molecular flexibility index (Phi) is 3.19. The van der Waals surface area contributed by atoms with Gasteiger partial charge in [-0.25, -0.2) is 0 Å². The van der Waals surface area contributed by atoms with Crippen LogP contribution in [0.15, 0.2) is 29.2 Å². The highest BCUT2D eigenvalue weighted by molar-refractivity contribution is 7.80. The number of aromatic nitrogens is 1. The quantitative estimate of drug-likeness (QED) is 0.781. The van der Waals surface area contributed by atoms with Crippen molar-refractivity contribution in [3.05, 3.63) is 34.7 Å². The third-order valence-electron chi connectivity index (χ3n) is 3.40. The maximum absolute atomic E-state index is 11.6. The molecule has 1 saturated carbocycles. The first-order valence-electron chi connectivity index (χ1n) is 5.52. The first-order chi connectivity index (χ1) is 7.26. The first-order valence-corrected chi connectivity index (χ1v) is 6.15. The lowest BCUT2D eigenvalue weighted by molar-refractivity contribution is 0.286. The monoisotopic (exact) mass is 223 g/mol. The third kappa shape index (κ3) is 2.28. The minimum atomic E-state index is 0.102. The Labute approximate surface area is 95.7 Å². The summed E-state index contributed by atoms with van der Waals surface area (Å²) in [4.78, 5) is 11.6. The molecule has 0 atom stereocenters. The Morgan fingerprint density at radius 2 is 2.07 bits per heavy atom. The van der Waals surface area contributed by atoms with Gasteiger partial charge in [0.2, 0.25) is 0 Å². The molecule has 1 aliphatic carbocycles. The van der Waals surface area contributed by atoms with Crippen molar-refractivity contribution in [1.29, 1.82) is 0 Å². The number of hydrogen-bond donors (Lipinski definition) is 1. The van der Waals surface area contributed by atoms with E-state index >= 15 is 0 Å². The Balaban J connectivity index is 2.20. The van der Waals surface area contributed by atoms with Crippen LogP contribution in [0.2, 0.25) is 0 Å². The summed E-state index contributed by atoms with van der Waals surface area (Å²) in [6.07, 6.45) is 6.85. The molecule has 0 unspecified atom stereocenters. The predicted molar refractivity (Wildman–Crippen MR) is 65.5 cm³/mol. The van der Waals surface area contributed by atoms with Crippen molar-refractivity contribution in [2.45, 2.75) is 32.2 Å². The van der Waals surface area contributed by atoms with E-state index in [-0.39, 0.29) is 11.0 Å². The SMILES string of the molecule is O=c1ccccn1CC1(CS)CCCC1. The van der Waals surface area contributed by atoms with Gasteiger partial charge in [0.25, 0.3) is 5.56 Å². The molecule has 1 heterocycles. The standard InChI is InChI=1S/C12H17NOS/c14-11-5-1-4-8-13(11)9-12(10-15)6-2-3-7-12/h1,4-5,8,15H,2-3,6-7,9-10H2. The summed E-state index contributed by atoms with van der Waals surface area (Å²) >= 11 is 4.45. The Hall–Kier alpha value is -0.700. The molecular weight excluding hydrogens is 206 g/mol. The van der Waals surface area contributed by atoms with Crippen LogP contribution in [0, 0.1) is 5.41 Å². The smallest absolute Gasteiger partial charge is 0.250 e. The van der Waals surface area contributed by atoms with Gasteiger partial charge in [0, 0.05) is 18.8 Å². The van der Waals surface area contributed by atoms with Crippen molar-refractivity contribution >= 4 is 12.6 Å². The molecule has 15 heavy (non-hydrogen) atoms. The molecule has 0 spiro atoms. The minimum absolute atomic E-state index is 0.102. The zero-order valence-electron chi connectivity index (χ0n) is 8.85. The Morgan fingerprint density at radius 1 is 1.33 bits per heavy atom. The van der Waals surface area contributed by atoms with E-state index in [0.29, 0.717) is 0 Å². The fraction of sp³-hybridized carbons (Fsp3) is 0.583. The van der Waals surface area contributed by atoms with Gasteiger partial charge in [0.1, 0.15) is 0 Å². The molecular formula is C12H17NOS. The maximum atomic E-state index is 11.6. The zero-order chi connectivity index (χ0) is 10.7. The predicted octanol–water partition coefficient (Wildman–Crippen LogP) is 2.34. The molecule has 82 valence electrons. The van der Waals surface area contributed by atoms with Crippen LogP contribution in [0.3, 0.4) is 0 Å². The summed E-state index contributed by atoms with van der Waals surface area (Å²) in [5.41, 5.74) is 0.361. The largest absolute Gasteiger partial charge is 0.315 e. The molecule has 0 aromatic carbocycles. The second-order valence-corrected chi connectivity index (χ2v) is 4.85. The van der Waals surface area contributed by atoms with Crippen LogP contribution < -0.4 is 5.56 Å². The van der Waals surface area contributed by atoms with Crippen LogP contribution in [0.1, 0.15) is 25.7 Å². The average Bonchev–Trinajstić information content (AvgIpc) is 2.71. The van der Waals surface area contributed by atoms with E-state index in [1.165, 1.54) is 25.7 Å². The van der Waals surface area contributed by atoms with E-state index in [2.05, 4.69) is 12.6 Å². The van der Waals surface area contributed by atoms with Gasteiger partial charge in [-0.05, 0) is 30.1 Å². The van der Waals surface area contributed by atoms with E-state index in [9.17, 15) is 4.79 Å². The number of rotatable bonds is 3. The van der Waals surface area contributed by atoms with Gasteiger partial charge in [-0.15, -0.1) is 0 Å². The lowest BCUT2D eigenvalue weighted by Gasteiger charge is -2.27. The van der Waals surface area contributed by atoms with Crippen molar-refractivity contribution < 1.29 is 0 Å². The van der Waals surface area contributed by atoms with Crippen molar-refractivity contribution in [1.82, 2.24) is 4.57 Å². The zero-order valence-corrected chi connectivity index (χ0v) is 9.75. The molecule has 0 aliphatic heterocycles. The third-order valence-corrected chi connectivity index (χ3v) is 4.08. The summed E-state index contributed by atoms with van der Waals surface area (Å²) in [7, 11) is 0. The highest BCUT2D eigenvalue weighted by Gasteiger charge is 2.32. The number of nitrogens with zero attached hydrogens (tertiary/aromatic N) is 1. The molecule has 1 fully saturated rings. The molecule has 2 nitrogen and oxygen atoms in total. The van der Waals surface area contributed by atoms with Gasteiger partial charge in [0.15, 0.2) is 0 Å². The van der Waals surface area contributed by atoms with Gasteiger partial charge in [-0.1, -0.05) is 18.9 Å². The summed E-state index contributed by atoms with van der Waals surface area (Å²) in [5, 5.41) is 0. The highest BCUT2D eigenvalue weighted by Crippen LogP contribution is 2.40. The van der Waals surface area contributed by atoms with Crippen LogP contribution in [0.4, 0.5) is 0 Å². The molecule has 1 aromatic rings. The highest BCUT2D eigenvalue weighted by atomic mass is 32.1. The first kappa shape index (κ1) is 10.8. The molecule has 0 radical (unpaired) electrons. The van der Waals surface area contributed by atoms with E-state index in [1.807, 2.05) is 16.8 Å². The van der Waals surface area contributed by atoms with E-state index < -0.39 is 0 Å². The molecule has 2 rings (SSSR count). The lowest BCUT2D eigenvalue weighted by Crippen LogP contribution is -2.31. The van der Waals surface area contributed by atoms with Gasteiger partial charge in [-0.2, -0.15) is 12.6 Å². The Bertz CT molecular complexity index is 379. The Morgan fingerprint density at radius 3 is 2.67 bits per heavy atom. The fourth-order valence-electron chi connectivity index (χ4n) is 2.44. The number of pyridine rings is 1. The maximum Gasteiger partial charge on any atom is 0.250 e. The molecule has 0 amide bonds. The number of thiol groups is 1. The van der Waals surface area contributed by atoms with Crippen molar-refractivity contribution in [3.63, 3.8) is 0 Å².